The SMILES string of the molecule is COC(=O)c1ccc([C@H]2C(C#N)=C(SCC(=O)Nc3ccccc3OC)NC(=O)[C@@H]2C(=O)OC)cc1. The van der Waals surface area contributed by atoms with Crippen LogP contribution in [0, 0.1) is 17.2 Å². The molecule has 0 radical (unpaired) electrons. The Hall–Kier alpha value is -4.30. The van der Waals surface area contributed by atoms with Gasteiger partial charge in [0.2, 0.25) is 11.8 Å². The summed E-state index contributed by atoms with van der Waals surface area (Å²) >= 11 is 0.952. The molecule has 0 aromatic heterocycles. The van der Waals surface area contributed by atoms with E-state index in [-0.39, 0.29) is 21.9 Å². The van der Waals surface area contributed by atoms with E-state index >= 15 is 0 Å². The summed E-state index contributed by atoms with van der Waals surface area (Å²) in [6.45, 7) is 0. The number of carbonyl (C=O) groups excluding carboxylic acids is 4. The van der Waals surface area contributed by atoms with E-state index in [0.29, 0.717) is 17.0 Å². The summed E-state index contributed by atoms with van der Waals surface area (Å²) in [4.78, 5) is 49.8. The number of nitriles is 1. The second kappa shape index (κ2) is 11.9. The number of hydrogen-bond donors (Lipinski definition) is 2. The van der Waals surface area contributed by atoms with E-state index < -0.39 is 35.6 Å². The van der Waals surface area contributed by atoms with Crippen LogP contribution in [0.2, 0.25) is 0 Å². The first-order chi connectivity index (χ1) is 17.3. The van der Waals surface area contributed by atoms with Crippen LogP contribution in [0.3, 0.4) is 0 Å². The molecule has 0 saturated heterocycles. The summed E-state index contributed by atoms with van der Waals surface area (Å²) in [7, 11) is 3.88. The molecule has 0 saturated carbocycles. The van der Waals surface area contributed by atoms with Crippen LogP contribution in [0.15, 0.2) is 59.1 Å². The fourth-order valence-corrected chi connectivity index (χ4v) is 4.54. The van der Waals surface area contributed by atoms with E-state index in [9.17, 15) is 24.4 Å². The molecule has 2 atom stereocenters. The number of anilines is 1. The van der Waals surface area contributed by atoms with Gasteiger partial charge in [-0.05, 0) is 29.8 Å². The highest BCUT2D eigenvalue weighted by atomic mass is 32.2. The molecule has 0 spiro atoms. The molecule has 1 heterocycles. The van der Waals surface area contributed by atoms with Crippen LogP contribution in [0.25, 0.3) is 0 Å². The van der Waals surface area contributed by atoms with Gasteiger partial charge in [0.15, 0.2) is 0 Å². The zero-order valence-corrected chi connectivity index (χ0v) is 20.5. The van der Waals surface area contributed by atoms with Crippen LogP contribution in [-0.2, 0) is 23.9 Å². The zero-order chi connectivity index (χ0) is 26.2. The lowest BCUT2D eigenvalue weighted by Gasteiger charge is -2.31. The predicted molar refractivity (Wildman–Crippen MR) is 131 cm³/mol. The quantitative estimate of drug-likeness (QED) is 0.405. The molecule has 2 N–H and O–H groups in total. The Morgan fingerprint density at radius 2 is 1.75 bits per heavy atom. The van der Waals surface area contributed by atoms with E-state index in [2.05, 4.69) is 16.7 Å². The zero-order valence-electron chi connectivity index (χ0n) is 19.7. The Labute approximate surface area is 211 Å². The Morgan fingerprint density at radius 3 is 2.36 bits per heavy atom. The number of esters is 2. The molecule has 0 bridgehead atoms. The first-order valence-corrected chi connectivity index (χ1v) is 11.6. The number of carbonyl (C=O) groups is 4. The molecule has 0 aliphatic carbocycles. The smallest absolute Gasteiger partial charge is 0.337 e. The molecule has 2 amide bonds. The van der Waals surface area contributed by atoms with Gasteiger partial charge in [0, 0.05) is 5.92 Å². The van der Waals surface area contributed by atoms with Gasteiger partial charge in [-0.1, -0.05) is 36.0 Å². The topological polar surface area (TPSA) is 144 Å². The minimum absolute atomic E-state index is 0.0888. The highest BCUT2D eigenvalue weighted by Crippen LogP contribution is 2.40. The van der Waals surface area contributed by atoms with Crippen molar-refractivity contribution in [2.45, 2.75) is 5.92 Å². The highest BCUT2D eigenvalue weighted by Gasteiger charge is 2.44. The maximum absolute atomic E-state index is 12.9. The van der Waals surface area contributed by atoms with Gasteiger partial charge >= 0.3 is 11.9 Å². The fourth-order valence-electron chi connectivity index (χ4n) is 3.70. The van der Waals surface area contributed by atoms with E-state index in [4.69, 9.17) is 14.2 Å². The predicted octanol–water partition coefficient (Wildman–Crippen LogP) is 2.59. The maximum atomic E-state index is 12.9. The minimum atomic E-state index is -1.33. The Bertz CT molecular complexity index is 1250. The van der Waals surface area contributed by atoms with Crippen LogP contribution in [0.5, 0.6) is 5.75 Å². The number of methoxy groups -OCH3 is 3. The van der Waals surface area contributed by atoms with Crippen molar-refractivity contribution >= 4 is 41.2 Å². The van der Waals surface area contributed by atoms with Crippen LogP contribution >= 0.6 is 11.8 Å². The molecule has 11 heteroatoms. The lowest BCUT2D eigenvalue weighted by molar-refractivity contribution is -0.150. The normalized spacial score (nSPS) is 16.9. The van der Waals surface area contributed by atoms with Gasteiger partial charge in [0.25, 0.3) is 0 Å². The monoisotopic (exact) mass is 509 g/mol. The molecule has 0 unspecified atom stereocenters. The number of allylic oxidation sites excluding steroid dienone is 1. The molecule has 1 aliphatic heterocycles. The van der Waals surface area contributed by atoms with Crippen molar-refractivity contribution in [3.8, 4) is 11.8 Å². The summed E-state index contributed by atoms with van der Waals surface area (Å²) in [5.74, 6) is -4.40. The standard InChI is InChI=1S/C25H23N3O7S/c1-33-18-7-5-4-6-17(18)27-19(29)13-36-23-16(12-26)20(21(22(30)28-23)25(32)35-3)14-8-10-15(11-9-14)24(31)34-2/h4-11,20-21H,13H2,1-3H3,(H,27,29)(H,28,30)/t20-,21+/m0/s1. The summed E-state index contributed by atoms with van der Waals surface area (Å²) in [5.41, 5.74) is 1.27. The lowest BCUT2D eigenvalue weighted by atomic mass is 9.78. The molecular formula is C25H23N3O7S. The van der Waals surface area contributed by atoms with Gasteiger partial charge in [0.05, 0.1) is 55.0 Å². The maximum Gasteiger partial charge on any atom is 0.337 e. The van der Waals surface area contributed by atoms with Crippen molar-refractivity contribution < 1.29 is 33.4 Å². The molecule has 3 rings (SSSR count). The van der Waals surface area contributed by atoms with Crippen molar-refractivity contribution in [2.24, 2.45) is 5.92 Å². The number of thioether (sulfide) groups is 1. The van der Waals surface area contributed by atoms with Crippen molar-refractivity contribution in [3.05, 3.63) is 70.3 Å². The molecule has 10 nitrogen and oxygen atoms in total. The van der Waals surface area contributed by atoms with E-state index in [1.54, 1.807) is 36.4 Å². The van der Waals surface area contributed by atoms with Gasteiger partial charge in [-0.25, -0.2) is 4.79 Å². The van der Waals surface area contributed by atoms with Crippen LogP contribution in [-0.4, -0.2) is 50.8 Å². The average Bonchev–Trinajstić information content (AvgIpc) is 2.90. The van der Waals surface area contributed by atoms with E-state index in [1.165, 1.54) is 26.4 Å². The van der Waals surface area contributed by atoms with E-state index in [0.717, 1.165) is 18.9 Å². The molecule has 186 valence electrons. The number of hydrogen-bond acceptors (Lipinski definition) is 9. The number of nitrogens with zero attached hydrogens (tertiary/aromatic N) is 1. The van der Waals surface area contributed by atoms with Crippen LogP contribution in [0.1, 0.15) is 21.8 Å². The number of nitrogens with one attached hydrogen (secondary N) is 2. The number of rotatable bonds is 8. The molecule has 0 fully saturated rings. The Balaban J connectivity index is 1.91. The van der Waals surface area contributed by atoms with Crippen molar-refractivity contribution in [1.82, 2.24) is 5.32 Å². The first-order valence-electron chi connectivity index (χ1n) is 10.6. The van der Waals surface area contributed by atoms with E-state index in [1.807, 2.05) is 0 Å². The molecule has 2 aromatic carbocycles. The summed E-state index contributed by atoms with van der Waals surface area (Å²) in [6.07, 6.45) is 0. The first kappa shape index (κ1) is 26.3. The average molecular weight is 510 g/mol. The second-order valence-corrected chi connectivity index (χ2v) is 8.46. The van der Waals surface area contributed by atoms with Gasteiger partial charge in [0.1, 0.15) is 11.7 Å². The van der Waals surface area contributed by atoms with Gasteiger partial charge in [-0.3, -0.25) is 14.4 Å². The minimum Gasteiger partial charge on any atom is -0.495 e. The second-order valence-electron chi connectivity index (χ2n) is 7.47. The largest absolute Gasteiger partial charge is 0.495 e. The van der Waals surface area contributed by atoms with Crippen LogP contribution in [0.4, 0.5) is 5.69 Å². The van der Waals surface area contributed by atoms with Crippen molar-refractivity contribution in [1.29, 1.82) is 5.26 Å². The highest BCUT2D eigenvalue weighted by molar-refractivity contribution is 8.03. The summed E-state index contributed by atoms with van der Waals surface area (Å²) in [6, 6.07) is 15.0. The third-order valence-corrected chi connectivity index (χ3v) is 6.42. The van der Waals surface area contributed by atoms with Gasteiger partial charge in [-0.2, -0.15) is 5.26 Å². The van der Waals surface area contributed by atoms with Crippen LogP contribution < -0.4 is 15.4 Å². The fraction of sp³-hybridized carbons (Fsp3) is 0.240. The molecule has 1 aliphatic rings. The molecule has 2 aromatic rings. The lowest BCUT2D eigenvalue weighted by Crippen LogP contribution is -2.44. The third-order valence-electron chi connectivity index (χ3n) is 5.40. The number of amides is 2. The summed E-state index contributed by atoms with van der Waals surface area (Å²) in [5, 5.41) is 15.4. The molecular weight excluding hydrogens is 486 g/mol. The third kappa shape index (κ3) is 5.67. The van der Waals surface area contributed by atoms with Gasteiger partial charge < -0.3 is 24.8 Å². The number of para-hydroxylation sites is 2. The summed E-state index contributed by atoms with van der Waals surface area (Å²) < 4.78 is 14.7. The number of ether oxygens (including phenoxy) is 3. The Morgan fingerprint density at radius 1 is 1.06 bits per heavy atom. The number of benzene rings is 2. The Kier molecular flexibility index (Phi) is 8.70. The van der Waals surface area contributed by atoms with Gasteiger partial charge in [-0.15, -0.1) is 0 Å². The molecule has 36 heavy (non-hydrogen) atoms. The van der Waals surface area contributed by atoms with Crippen molar-refractivity contribution in [2.75, 3.05) is 32.4 Å². The van der Waals surface area contributed by atoms with Crippen molar-refractivity contribution in [3.63, 3.8) is 0 Å².